The molecule has 0 aliphatic carbocycles. The molecule has 0 heteroatoms. The zero-order valence-corrected chi connectivity index (χ0v) is 38.3. The first-order valence-corrected chi connectivity index (χ1v) is 19.8. The minimum Gasteiger partial charge on any atom is -0.0617 e. The predicted octanol–water partition coefficient (Wildman–Crippen LogP) is 16.0. The highest BCUT2D eigenvalue weighted by molar-refractivity contribution is 5.37. The quantitative estimate of drug-likeness (QED) is 0.146. The normalized spacial score (nSPS) is 9.73. The third-order valence-electron chi connectivity index (χ3n) is 10.2. The van der Waals surface area contributed by atoms with Gasteiger partial charge in [0.1, 0.15) is 0 Å². The lowest BCUT2D eigenvalue weighted by molar-refractivity contribution is 1.23. The molecule has 0 saturated carbocycles. The third-order valence-corrected chi connectivity index (χ3v) is 10.2. The summed E-state index contributed by atoms with van der Waals surface area (Å²) in [4.78, 5) is 0. The lowest BCUT2D eigenvalue weighted by Gasteiger charge is -2.04. The van der Waals surface area contributed by atoms with Gasteiger partial charge in [-0.3, -0.25) is 0 Å². The van der Waals surface area contributed by atoms with Gasteiger partial charge in [-0.05, 0) is 193 Å². The molecular weight excluding hydrogens is 661 g/mol. The Bertz CT molecular complexity index is 1900. The minimum atomic E-state index is 1.34. The molecule has 0 saturated heterocycles. The molecule has 0 amide bonds. The van der Waals surface area contributed by atoms with Crippen molar-refractivity contribution < 1.29 is 0 Å². The van der Waals surface area contributed by atoms with Gasteiger partial charge in [0.25, 0.3) is 0 Å². The van der Waals surface area contributed by atoms with Crippen molar-refractivity contribution in [1.82, 2.24) is 0 Å². The zero-order chi connectivity index (χ0) is 42.0. The summed E-state index contributed by atoms with van der Waals surface area (Å²) < 4.78 is 0. The molecule has 6 aromatic carbocycles. The van der Waals surface area contributed by atoms with Crippen molar-refractivity contribution in [2.24, 2.45) is 0 Å². The van der Waals surface area contributed by atoms with Crippen LogP contribution in [0.5, 0.6) is 0 Å². The van der Waals surface area contributed by atoms with Crippen LogP contribution in [0, 0.1) is 132 Å². The molecule has 0 bridgehead atoms. The number of rotatable bonds is 0. The van der Waals surface area contributed by atoms with E-state index in [2.05, 4.69) is 235 Å². The van der Waals surface area contributed by atoms with E-state index in [0.29, 0.717) is 0 Å². The van der Waals surface area contributed by atoms with Crippen LogP contribution in [-0.4, -0.2) is 0 Å². The van der Waals surface area contributed by atoms with Gasteiger partial charge in [-0.25, -0.2) is 0 Å². The average Bonchev–Trinajstić information content (AvgIpc) is 3.07. The maximum atomic E-state index is 2.22. The van der Waals surface area contributed by atoms with Crippen molar-refractivity contribution in [1.29, 1.82) is 0 Å². The number of hydrogen-bond donors (Lipinski definition) is 0. The SMILES string of the molecule is Cc1cc(C)c(C)c(C)c1.Cc1cc(C)c(C)c(C)c1.Cc1cc(C)cc(C)c1.Cc1ccc(C)c(C)c1.Cc1cccc(C)c1.Cc1cccc(C)c1C. The van der Waals surface area contributed by atoms with Gasteiger partial charge in [0, 0.05) is 0 Å². The molecule has 0 spiro atoms. The van der Waals surface area contributed by atoms with Crippen LogP contribution in [0.2, 0.25) is 0 Å². The Morgan fingerprint density at radius 3 is 0.709 bits per heavy atom. The highest BCUT2D eigenvalue weighted by atomic mass is 14.0. The molecule has 0 radical (unpaired) electrons. The summed E-state index contributed by atoms with van der Waals surface area (Å²) in [6.07, 6.45) is 0. The number of aryl methyl sites for hydroxylation is 16. The van der Waals surface area contributed by atoms with Crippen molar-refractivity contribution in [3.63, 3.8) is 0 Å². The van der Waals surface area contributed by atoms with Crippen molar-refractivity contribution in [3.05, 3.63) is 209 Å². The molecule has 0 aliphatic heterocycles. The summed E-state index contributed by atoms with van der Waals surface area (Å²) in [5, 5.41) is 0. The average molecular weight is 735 g/mol. The van der Waals surface area contributed by atoms with Gasteiger partial charge in [-0.1, -0.05) is 148 Å². The molecule has 0 unspecified atom stereocenters. The second-order valence-electron chi connectivity index (χ2n) is 16.0. The Hall–Kier alpha value is -4.68. The van der Waals surface area contributed by atoms with Gasteiger partial charge in [-0.2, -0.15) is 0 Å². The topological polar surface area (TPSA) is 0 Å². The van der Waals surface area contributed by atoms with Crippen LogP contribution in [-0.2, 0) is 0 Å². The number of benzene rings is 6. The first-order chi connectivity index (χ1) is 25.6. The summed E-state index contributed by atoms with van der Waals surface area (Å²) in [6, 6.07) is 36.8. The summed E-state index contributed by atoms with van der Waals surface area (Å²) in [5.41, 5.74) is 26.2. The molecule has 0 nitrogen and oxygen atoms in total. The van der Waals surface area contributed by atoms with E-state index in [-0.39, 0.29) is 0 Å². The lowest BCUT2D eigenvalue weighted by atomic mass is 10.0. The third kappa shape index (κ3) is 19.0. The van der Waals surface area contributed by atoms with Gasteiger partial charge in [-0.15, -0.1) is 0 Å². The monoisotopic (exact) mass is 735 g/mol. The Balaban J connectivity index is 0.000000330. The van der Waals surface area contributed by atoms with E-state index in [1.165, 1.54) is 106 Å². The fourth-order valence-electron chi connectivity index (χ4n) is 6.30. The largest absolute Gasteiger partial charge is 0.0617 e. The molecule has 0 aliphatic rings. The van der Waals surface area contributed by atoms with Gasteiger partial charge in [0.05, 0.1) is 0 Å². The van der Waals surface area contributed by atoms with E-state index < -0.39 is 0 Å². The molecule has 294 valence electrons. The van der Waals surface area contributed by atoms with Gasteiger partial charge in [0.15, 0.2) is 0 Å². The van der Waals surface area contributed by atoms with Crippen LogP contribution in [0.15, 0.2) is 103 Å². The molecule has 0 fully saturated rings. The summed E-state index contributed by atoms with van der Waals surface area (Å²) in [6.45, 7) is 40.7. The van der Waals surface area contributed by atoms with Crippen LogP contribution >= 0.6 is 0 Å². The Kier molecular flexibility index (Phi) is 21.1. The predicted molar refractivity (Wildman–Crippen MR) is 249 cm³/mol. The smallest absolute Gasteiger partial charge is 0.0392 e. The van der Waals surface area contributed by atoms with Gasteiger partial charge >= 0.3 is 0 Å². The lowest BCUT2D eigenvalue weighted by Crippen LogP contribution is -1.86. The Morgan fingerprint density at radius 2 is 0.436 bits per heavy atom. The minimum absolute atomic E-state index is 1.34. The standard InChI is InChI=1S/2C10H14.3C9H12.C8H10/c2*1-7-5-8(2)10(4)9(3)6-7;1-7-4-8(2)6-9(3)5-7;1-7-4-5-8(2)9(3)6-7;1-7-5-4-6-8(2)9(7)3;1-7-4-3-5-8(2)6-7/h2*5-6H,1-4H3;3*4-6H,1-3H3;3-6H,1-2H3. The highest BCUT2D eigenvalue weighted by Gasteiger charge is 1.97. The van der Waals surface area contributed by atoms with Crippen LogP contribution in [0.4, 0.5) is 0 Å². The Morgan fingerprint density at radius 1 is 0.182 bits per heavy atom. The second-order valence-corrected chi connectivity index (χ2v) is 16.0. The first kappa shape index (κ1) is 48.3. The molecule has 0 aromatic heterocycles. The van der Waals surface area contributed by atoms with E-state index in [1.807, 2.05) is 0 Å². The maximum Gasteiger partial charge on any atom is -0.0392 e. The molecule has 6 aromatic rings. The molecular formula is C55H74. The van der Waals surface area contributed by atoms with E-state index in [0.717, 1.165) is 0 Å². The first-order valence-electron chi connectivity index (χ1n) is 19.8. The fourth-order valence-corrected chi connectivity index (χ4v) is 6.30. The van der Waals surface area contributed by atoms with Crippen molar-refractivity contribution in [2.45, 2.75) is 132 Å². The van der Waals surface area contributed by atoms with E-state index >= 15 is 0 Å². The van der Waals surface area contributed by atoms with Crippen LogP contribution < -0.4 is 0 Å². The molecule has 55 heavy (non-hydrogen) atoms. The maximum absolute atomic E-state index is 2.22. The molecule has 0 N–H and O–H groups in total. The van der Waals surface area contributed by atoms with E-state index in [1.54, 1.807) is 0 Å². The molecule has 0 heterocycles. The molecule has 6 rings (SSSR count). The van der Waals surface area contributed by atoms with Crippen molar-refractivity contribution in [2.75, 3.05) is 0 Å². The molecule has 0 atom stereocenters. The second kappa shape index (κ2) is 24.0. The van der Waals surface area contributed by atoms with Crippen LogP contribution in [0.3, 0.4) is 0 Å². The summed E-state index contributed by atoms with van der Waals surface area (Å²) >= 11 is 0. The van der Waals surface area contributed by atoms with Crippen molar-refractivity contribution in [3.8, 4) is 0 Å². The zero-order valence-electron chi connectivity index (χ0n) is 38.3. The van der Waals surface area contributed by atoms with E-state index in [4.69, 9.17) is 0 Å². The number of hydrogen-bond acceptors (Lipinski definition) is 0. The van der Waals surface area contributed by atoms with Gasteiger partial charge < -0.3 is 0 Å². The van der Waals surface area contributed by atoms with Gasteiger partial charge in [0.2, 0.25) is 0 Å². The highest BCUT2D eigenvalue weighted by Crippen LogP contribution is 2.15. The van der Waals surface area contributed by atoms with Crippen LogP contribution in [0.1, 0.15) is 106 Å². The summed E-state index contributed by atoms with van der Waals surface area (Å²) in [5.74, 6) is 0. The Labute approximate surface area is 339 Å². The van der Waals surface area contributed by atoms with Crippen LogP contribution in [0.25, 0.3) is 0 Å². The van der Waals surface area contributed by atoms with Crippen molar-refractivity contribution >= 4 is 0 Å². The van der Waals surface area contributed by atoms with E-state index in [9.17, 15) is 0 Å². The summed E-state index contributed by atoms with van der Waals surface area (Å²) in [7, 11) is 0. The fraction of sp³-hybridized carbons (Fsp3) is 0.345.